The van der Waals surface area contributed by atoms with Gasteiger partial charge in [0.05, 0.1) is 6.20 Å². The standard InChI is InChI=1S/C25H20FN7O2/c1-15-29-30-22-10-11-23(31-32(15)22)33-25-20(13-27-33)19(12-24(34)28-25)16-6-8-18(9-7-16)35-14-17-4-2-3-5-21(17)26/h2-11,13,19H,12,14H2,1H3,(H,28,34)/t19-/m0/s1. The van der Waals surface area contributed by atoms with E-state index in [0.29, 0.717) is 40.8 Å². The minimum atomic E-state index is -0.296. The van der Waals surface area contributed by atoms with Crippen LogP contribution in [0.5, 0.6) is 5.75 Å². The maximum atomic E-state index is 13.8. The zero-order valence-corrected chi connectivity index (χ0v) is 18.7. The van der Waals surface area contributed by atoms with E-state index < -0.39 is 0 Å². The Hall–Kier alpha value is -4.60. The monoisotopic (exact) mass is 469 g/mol. The Morgan fingerprint density at radius 3 is 2.74 bits per heavy atom. The van der Waals surface area contributed by atoms with Gasteiger partial charge in [-0.1, -0.05) is 30.3 Å². The van der Waals surface area contributed by atoms with Gasteiger partial charge in [0.15, 0.2) is 17.3 Å². The molecule has 4 heterocycles. The van der Waals surface area contributed by atoms with Crippen LogP contribution in [0.2, 0.25) is 0 Å². The van der Waals surface area contributed by atoms with E-state index >= 15 is 0 Å². The Bertz CT molecular complexity index is 1560. The molecule has 0 spiro atoms. The zero-order valence-electron chi connectivity index (χ0n) is 18.7. The summed E-state index contributed by atoms with van der Waals surface area (Å²) in [6, 6.07) is 17.6. The minimum Gasteiger partial charge on any atom is -0.489 e. The summed E-state index contributed by atoms with van der Waals surface area (Å²) in [6.07, 6.45) is 2.05. The van der Waals surface area contributed by atoms with Gasteiger partial charge < -0.3 is 10.1 Å². The van der Waals surface area contributed by atoms with Crippen molar-refractivity contribution < 1.29 is 13.9 Å². The molecule has 0 saturated carbocycles. The first kappa shape index (κ1) is 21.0. The highest BCUT2D eigenvalue weighted by Crippen LogP contribution is 2.38. The normalized spacial score (nSPS) is 15.1. The molecule has 3 aromatic heterocycles. The molecule has 0 unspecified atom stereocenters. The topological polar surface area (TPSA) is 99.2 Å². The number of carbonyl (C=O) groups is 1. The molecule has 0 radical (unpaired) electrons. The highest BCUT2D eigenvalue weighted by atomic mass is 19.1. The van der Waals surface area contributed by atoms with Crippen molar-refractivity contribution in [2.75, 3.05) is 5.32 Å². The van der Waals surface area contributed by atoms with Crippen LogP contribution in [0, 0.1) is 12.7 Å². The molecule has 174 valence electrons. The van der Waals surface area contributed by atoms with Crippen molar-refractivity contribution in [3.63, 3.8) is 0 Å². The number of ether oxygens (including phenoxy) is 1. The predicted octanol–water partition coefficient (Wildman–Crippen LogP) is 3.81. The molecule has 6 rings (SSSR count). The molecule has 1 aliphatic rings. The molecule has 0 fully saturated rings. The first-order chi connectivity index (χ1) is 17.1. The molecule has 1 aliphatic heterocycles. The number of fused-ring (bicyclic) bond motifs is 2. The van der Waals surface area contributed by atoms with Gasteiger partial charge in [-0.3, -0.25) is 4.79 Å². The molecule has 9 nitrogen and oxygen atoms in total. The van der Waals surface area contributed by atoms with E-state index in [0.717, 1.165) is 11.1 Å². The average molecular weight is 469 g/mol. The third kappa shape index (κ3) is 3.78. The Morgan fingerprint density at radius 1 is 1.09 bits per heavy atom. The van der Waals surface area contributed by atoms with Crippen LogP contribution < -0.4 is 10.1 Å². The maximum absolute atomic E-state index is 13.8. The van der Waals surface area contributed by atoms with Crippen molar-refractivity contribution >= 4 is 17.4 Å². The van der Waals surface area contributed by atoms with Crippen molar-refractivity contribution in [2.24, 2.45) is 0 Å². The number of nitrogens with zero attached hydrogens (tertiary/aromatic N) is 6. The highest BCUT2D eigenvalue weighted by molar-refractivity contribution is 5.94. The van der Waals surface area contributed by atoms with Gasteiger partial charge in [-0.2, -0.15) is 14.3 Å². The van der Waals surface area contributed by atoms with E-state index in [2.05, 4.69) is 25.7 Å². The Labute approximate surface area is 199 Å². The number of amides is 1. The summed E-state index contributed by atoms with van der Waals surface area (Å²) in [5.74, 6) is 1.83. The van der Waals surface area contributed by atoms with Crippen molar-refractivity contribution in [1.29, 1.82) is 0 Å². The van der Waals surface area contributed by atoms with Gasteiger partial charge in [0, 0.05) is 23.5 Å². The Balaban J connectivity index is 1.27. The minimum absolute atomic E-state index is 0.106. The highest BCUT2D eigenvalue weighted by Gasteiger charge is 2.30. The van der Waals surface area contributed by atoms with Gasteiger partial charge in [-0.05, 0) is 42.8 Å². The van der Waals surface area contributed by atoms with Crippen molar-refractivity contribution in [2.45, 2.75) is 25.9 Å². The SMILES string of the molecule is Cc1nnc2ccc(-n3ncc4c3NC(=O)C[C@H]4c3ccc(OCc4ccccc4F)cc3)nn12. The van der Waals surface area contributed by atoms with Crippen LogP contribution in [-0.4, -0.2) is 35.5 Å². The quantitative estimate of drug-likeness (QED) is 0.420. The van der Waals surface area contributed by atoms with Crippen LogP contribution in [0.4, 0.5) is 10.2 Å². The zero-order chi connectivity index (χ0) is 23.9. The summed E-state index contributed by atoms with van der Waals surface area (Å²) >= 11 is 0. The lowest BCUT2D eigenvalue weighted by Gasteiger charge is -2.23. The maximum Gasteiger partial charge on any atom is 0.226 e. The van der Waals surface area contributed by atoms with E-state index in [1.807, 2.05) is 31.2 Å². The van der Waals surface area contributed by atoms with Crippen molar-refractivity contribution in [1.82, 2.24) is 29.6 Å². The largest absolute Gasteiger partial charge is 0.489 e. The molecule has 1 amide bonds. The third-order valence-electron chi connectivity index (χ3n) is 6.08. The lowest BCUT2D eigenvalue weighted by atomic mass is 9.87. The Kier molecular flexibility index (Phi) is 4.98. The van der Waals surface area contributed by atoms with Gasteiger partial charge in [-0.25, -0.2) is 4.39 Å². The van der Waals surface area contributed by atoms with Gasteiger partial charge >= 0.3 is 0 Å². The second-order valence-corrected chi connectivity index (χ2v) is 8.32. The predicted molar refractivity (Wildman–Crippen MR) is 125 cm³/mol. The van der Waals surface area contributed by atoms with Gasteiger partial charge in [0.2, 0.25) is 5.91 Å². The number of aromatic nitrogens is 6. The van der Waals surface area contributed by atoms with Gasteiger partial charge in [-0.15, -0.1) is 15.3 Å². The smallest absolute Gasteiger partial charge is 0.226 e. The van der Waals surface area contributed by atoms with Gasteiger partial charge in [0.25, 0.3) is 0 Å². The molecule has 0 bridgehead atoms. The molecular weight excluding hydrogens is 449 g/mol. The summed E-state index contributed by atoms with van der Waals surface area (Å²) in [4.78, 5) is 12.6. The number of benzene rings is 2. The molecule has 35 heavy (non-hydrogen) atoms. The number of hydrogen-bond acceptors (Lipinski definition) is 6. The number of aryl methyl sites for hydroxylation is 1. The second kappa shape index (κ2) is 8.32. The summed E-state index contributed by atoms with van der Waals surface area (Å²) in [5.41, 5.74) is 2.97. The fourth-order valence-electron chi connectivity index (χ4n) is 4.26. The van der Waals surface area contributed by atoms with Crippen LogP contribution in [0.15, 0.2) is 66.9 Å². The van der Waals surface area contributed by atoms with Crippen molar-refractivity contribution in [3.05, 3.63) is 95.2 Å². The van der Waals surface area contributed by atoms with Crippen LogP contribution in [0.1, 0.15) is 34.9 Å². The molecule has 1 N–H and O–H groups in total. The molecule has 10 heteroatoms. The number of nitrogens with one attached hydrogen (secondary N) is 1. The summed E-state index contributed by atoms with van der Waals surface area (Å²) in [7, 11) is 0. The third-order valence-corrected chi connectivity index (χ3v) is 6.08. The van der Waals surface area contributed by atoms with Crippen LogP contribution >= 0.6 is 0 Å². The molecule has 0 aliphatic carbocycles. The molecular formula is C25H20FN7O2. The molecule has 2 aromatic carbocycles. The molecule has 5 aromatic rings. The fourth-order valence-corrected chi connectivity index (χ4v) is 4.26. The number of hydrogen-bond donors (Lipinski definition) is 1. The number of halogens is 1. The Morgan fingerprint density at radius 2 is 1.91 bits per heavy atom. The van der Waals surface area contributed by atoms with E-state index in [1.54, 1.807) is 45.7 Å². The first-order valence-corrected chi connectivity index (χ1v) is 11.1. The van der Waals surface area contributed by atoms with E-state index in [4.69, 9.17) is 4.74 Å². The lowest BCUT2D eigenvalue weighted by molar-refractivity contribution is -0.116. The summed E-state index contributed by atoms with van der Waals surface area (Å²) in [5, 5.41) is 20.1. The fraction of sp³-hybridized carbons (Fsp3) is 0.160. The van der Waals surface area contributed by atoms with E-state index in [9.17, 15) is 9.18 Å². The second-order valence-electron chi connectivity index (χ2n) is 8.32. The van der Waals surface area contributed by atoms with E-state index in [-0.39, 0.29) is 24.2 Å². The van der Waals surface area contributed by atoms with Crippen LogP contribution in [0.3, 0.4) is 0 Å². The van der Waals surface area contributed by atoms with E-state index in [1.165, 1.54) is 6.07 Å². The van der Waals surface area contributed by atoms with Gasteiger partial charge in [0.1, 0.15) is 24.0 Å². The van der Waals surface area contributed by atoms with Crippen LogP contribution in [-0.2, 0) is 11.4 Å². The average Bonchev–Trinajstić information content (AvgIpc) is 3.46. The summed E-state index contributed by atoms with van der Waals surface area (Å²) < 4.78 is 22.8. The first-order valence-electron chi connectivity index (χ1n) is 11.1. The number of carbonyl (C=O) groups excluding carboxylic acids is 1. The molecule has 1 atom stereocenters. The summed E-state index contributed by atoms with van der Waals surface area (Å²) in [6.45, 7) is 1.95. The van der Waals surface area contributed by atoms with Crippen molar-refractivity contribution in [3.8, 4) is 11.6 Å². The molecule has 0 saturated heterocycles. The lowest BCUT2D eigenvalue weighted by Crippen LogP contribution is -2.24. The van der Waals surface area contributed by atoms with Crippen LogP contribution in [0.25, 0.3) is 11.5 Å². The number of anilines is 1. The number of rotatable bonds is 5.